The van der Waals surface area contributed by atoms with Crippen LogP contribution in [0.5, 0.6) is 11.5 Å². The van der Waals surface area contributed by atoms with Crippen molar-refractivity contribution in [2.24, 2.45) is 0 Å². The molecular weight excluding hydrogens is 324 g/mol. The zero-order valence-corrected chi connectivity index (χ0v) is 15.2. The molecule has 0 radical (unpaired) electrons. The summed E-state index contributed by atoms with van der Waals surface area (Å²) < 4.78 is 10.8. The lowest BCUT2D eigenvalue weighted by Crippen LogP contribution is -2.08. The Bertz CT molecular complexity index is 953. The summed E-state index contributed by atoms with van der Waals surface area (Å²) in [7, 11) is 3.29. The van der Waals surface area contributed by atoms with Crippen molar-refractivity contribution in [3.8, 4) is 33.9 Å². The summed E-state index contributed by atoms with van der Waals surface area (Å²) in [4.78, 5) is 4.65. The zero-order valence-electron chi connectivity index (χ0n) is 15.2. The summed E-state index contributed by atoms with van der Waals surface area (Å²) in [5.74, 6) is 1.42. The fourth-order valence-corrected chi connectivity index (χ4v) is 3.57. The van der Waals surface area contributed by atoms with Gasteiger partial charge in [0.05, 0.1) is 19.9 Å². The van der Waals surface area contributed by atoms with Gasteiger partial charge in [0.25, 0.3) is 0 Å². The Morgan fingerprint density at radius 2 is 1.77 bits per heavy atom. The fraction of sp³-hybridized carbons (Fsp3) is 0.227. The van der Waals surface area contributed by atoms with E-state index in [0.29, 0.717) is 17.5 Å². The van der Waals surface area contributed by atoms with Gasteiger partial charge < -0.3 is 14.8 Å². The molecular formula is C22H22N2O2. The number of nitrogens with one attached hydrogen (secondary N) is 1. The molecule has 1 aliphatic rings. The zero-order chi connectivity index (χ0) is 18.1. The number of hydrogen-bond donors (Lipinski definition) is 1. The molecule has 4 nitrogen and oxygen atoms in total. The van der Waals surface area contributed by atoms with Gasteiger partial charge in [0.2, 0.25) is 0 Å². The Balaban J connectivity index is 1.80. The summed E-state index contributed by atoms with van der Waals surface area (Å²) in [5, 5.41) is 3.50. The second-order valence-corrected chi connectivity index (χ2v) is 6.59. The Morgan fingerprint density at radius 1 is 0.962 bits per heavy atom. The van der Waals surface area contributed by atoms with Crippen LogP contribution in [0, 0.1) is 0 Å². The second-order valence-electron chi connectivity index (χ2n) is 6.59. The van der Waals surface area contributed by atoms with Crippen LogP contribution in [0.3, 0.4) is 0 Å². The lowest BCUT2D eigenvalue weighted by Gasteiger charge is -2.13. The SMILES string of the molecule is COc1ccc(-c2ncccc2-c2ccc3c(c2)CC(C)N3)cc1OC. The number of methoxy groups -OCH3 is 2. The first-order valence-corrected chi connectivity index (χ1v) is 8.77. The van der Waals surface area contributed by atoms with Gasteiger partial charge in [0.1, 0.15) is 0 Å². The molecule has 26 heavy (non-hydrogen) atoms. The Labute approximate surface area is 153 Å². The predicted molar refractivity (Wildman–Crippen MR) is 105 cm³/mol. The highest BCUT2D eigenvalue weighted by Crippen LogP contribution is 2.37. The van der Waals surface area contributed by atoms with Gasteiger partial charge in [-0.1, -0.05) is 12.1 Å². The normalized spacial score (nSPS) is 15.3. The van der Waals surface area contributed by atoms with E-state index in [-0.39, 0.29) is 0 Å². The highest BCUT2D eigenvalue weighted by atomic mass is 16.5. The lowest BCUT2D eigenvalue weighted by molar-refractivity contribution is 0.355. The van der Waals surface area contributed by atoms with Crippen LogP contribution in [-0.4, -0.2) is 25.2 Å². The number of benzene rings is 2. The van der Waals surface area contributed by atoms with E-state index >= 15 is 0 Å². The Hall–Kier alpha value is -3.01. The summed E-state index contributed by atoms with van der Waals surface area (Å²) >= 11 is 0. The average Bonchev–Trinajstić information content (AvgIpc) is 3.06. The van der Waals surface area contributed by atoms with Crippen LogP contribution in [0.2, 0.25) is 0 Å². The van der Waals surface area contributed by atoms with Gasteiger partial charge in [-0.15, -0.1) is 0 Å². The van der Waals surface area contributed by atoms with E-state index in [4.69, 9.17) is 9.47 Å². The molecule has 0 amide bonds. The number of fused-ring (bicyclic) bond motifs is 1. The van der Waals surface area contributed by atoms with E-state index in [2.05, 4.69) is 41.5 Å². The molecule has 4 heteroatoms. The number of nitrogens with zero attached hydrogens (tertiary/aromatic N) is 1. The molecule has 1 unspecified atom stereocenters. The molecule has 0 spiro atoms. The number of anilines is 1. The van der Waals surface area contributed by atoms with Gasteiger partial charge in [-0.2, -0.15) is 0 Å². The van der Waals surface area contributed by atoms with Gasteiger partial charge in [0.15, 0.2) is 11.5 Å². The van der Waals surface area contributed by atoms with Gasteiger partial charge >= 0.3 is 0 Å². The summed E-state index contributed by atoms with van der Waals surface area (Å²) in [6.07, 6.45) is 2.88. The summed E-state index contributed by atoms with van der Waals surface area (Å²) in [6.45, 7) is 2.21. The largest absolute Gasteiger partial charge is 0.493 e. The van der Waals surface area contributed by atoms with E-state index in [1.165, 1.54) is 16.8 Å². The monoisotopic (exact) mass is 346 g/mol. The van der Waals surface area contributed by atoms with Crippen molar-refractivity contribution in [1.29, 1.82) is 0 Å². The van der Waals surface area contributed by atoms with E-state index in [1.54, 1.807) is 14.2 Å². The molecule has 132 valence electrons. The number of ether oxygens (including phenoxy) is 2. The van der Waals surface area contributed by atoms with Crippen molar-refractivity contribution in [2.45, 2.75) is 19.4 Å². The number of pyridine rings is 1. The van der Waals surface area contributed by atoms with Crippen LogP contribution in [0.1, 0.15) is 12.5 Å². The Morgan fingerprint density at radius 3 is 2.58 bits per heavy atom. The molecule has 2 aromatic carbocycles. The predicted octanol–water partition coefficient (Wildman–Crippen LogP) is 4.79. The number of rotatable bonds is 4. The highest BCUT2D eigenvalue weighted by molar-refractivity contribution is 5.83. The minimum absolute atomic E-state index is 0.486. The van der Waals surface area contributed by atoms with E-state index in [0.717, 1.165) is 23.2 Å². The van der Waals surface area contributed by atoms with Crippen molar-refractivity contribution in [1.82, 2.24) is 4.98 Å². The van der Waals surface area contributed by atoms with Crippen molar-refractivity contribution in [3.05, 3.63) is 60.3 Å². The van der Waals surface area contributed by atoms with Crippen molar-refractivity contribution < 1.29 is 9.47 Å². The van der Waals surface area contributed by atoms with E-state index in [9.17, 15) is 0 Å². The van der Waals surface area contributed by atoms with Gasteiger partial charge in [-0.25, -0.2) is 0 Å². The smallest absolute Gasteiger partial charge is 0.161 e. The highest BCUT2D eigenvalue weighted by Gasteiger charge is 2.18. The van der Waals surface area contributed by atoms with Crippen LogP contribution >= 0.6 is 0 Å². The quantitative estimate of drug-likeness (QED) is 0.738. The first-order chi connectivity index (χ1) is 12.7. The topological polar surface area (TPSA) is 43.4 Å². The third-order valence-electron chi connectivity index (χ3n) is 4.81. The first-order valence-electron chi connectivity index (χ1n) is 8.77. The van der Waals surface area contributed by atoms with Crippen molar-refractivity contribution in [3.63, 3.8) is 0 Å². The Kier molecular flexibility index (Phi) is 4.25. The molecule has 0 saturated heterocycles. The van der Waals surface area contributed by atoms with Crippen molar-refractivity contribution >= 4 is 5.69 Å². The molecule has 4 rings (SSSR count). The maximum atomic E-state index is 5.46. The average molecular weight is 346 g/mol. The molecule has 1 aliphatic heterocycles. The third-order valence-corrected chi connectivity index (χ3v) is 4.81. The van der Waals surface area contributed by atoms with Gasteiger partial charge in [0, 0.05) is 29.1 Å². The maximum Gasteiger partial charge on any atom is 0.161 e. The molecule has 1 aromatic heterocycles. The molecule has 1 N–H and O–H groups in total. The summed E-state index contributed by atoms with van der Waals surface area (Å²) in [6, 6.07) is 17.1. The third kappa shape index (κ3) is 2.88. The fourth-order valence-electron chi connectivity index (χ4n) is 3.57. The molecule has 2 heterocycles. The molecule has 1 atom stereocenters. The molecule has 0 fully saturated rings. The minimum atomic E-state index is 0.486. The van der Waals surface area contributed by atoms with E-state index in [1.807, 2.05) is 30.5 Å². The molecule has 0 saturated carbocycles. The van der Waals surface area contributed by atoms with Crippen LogP contribution < -0.4 is 14.8 Å². The second kappa shape index (κ2) is 6.71. The van der Waals surface area contributed by atoms with Crippen LogP contribution in [0.15, 0.2) is 54.7 Å². The van der Waals surface area contributed by atoms with Gasteiger partial charge in [-0.05, 0) is 60.9 Å². The summed E-state index contributed by atoms with van der Waals surface area (Å²) in [5.41, 5.74) is 6.83. The van der Waals surface area contributed by atoms with Crippen LogP contribution in [-0.2, 0) is 6.42 Å². The van der Waals surface area contributed by atoms with Crippen LogP contribution in [0.4, 0.5) is 5.69 Å². The number of aromatic nitrogens is 1. The van der Waals surface area contributed by atoms with Gasteiger partial charge in [-0.3, -0.25) is 4.98 Å². The maximum absolute atomic E-state index is 5.46. The molecule has 0 aliphatic carbocycles. The van der Waals surface area contributed by atoms with Crippen LogP contribution in [0.25, 0.3) is 22.4 Å². The van der Waals surface area contributed by atoms with E-state index < -0.39 is 0 Å². The minimum Gasteiger partial charge on any atom is -0.493 e. The molecule has 3 aromatic rings. The molecule has 0 bridgehead atoms. The standard InChI is InChI=1S/C22H22N2O2/c1-14-11-17-12-15(6-8-19(17)24-14)18-5-4-10-23-22(18)16-7-9-20(25-2)21(13-16)26-3/h4-10,12-14,24H,11H2,1-3H3. The lowest BCUT2D eigenvalue weighted by atomic mass is 9.97. The van der Waals surface area contributed by atoms with Crippen molar-refractivity contribution in [2.75, 3.05) is 19.5 Å². The first kappa shape index (κ1) is 16.5. The number of hydrogen-bond acceptors (Lipinski definition) is 4.